The van der Waals surface area contributed by atoms with Gasteiger partial charge in [0.05, 0.1) is 11.9 Å². The van der Waals surface area contributed by atoms with Gasteiger partial charge in [0.15, 0.2) is 0 Å². The molecule has 19 heavy (non-hydrogen) atoms. The third-order valence-electron chi connectivity index (χ3n) is 3.24. The van der Waals surface area contributed by atoms with Crippen LogP contribution in [0.4, 0.5) is 0 Å². The molecule has 1 aromatic heterocycles. The van der Waals surface area contributed by atoms with Crippen molar-refractivity contribution in [3.05, 3.63) is 36.0 Å². The second kappa shape index (κ2) is 5.53. The standard InChI is InChI=1S/C15H22N4/c1-15(2,3)13-7-5-12(6-8-13)14-11-17-18-19(14)10-4-9-16/h5-8,11H,4,9-10,16H2,1-3H3. The van der Waals surface area contributed by atoms with Crippen LogP contribution in [0.15, 0.2) is 30.5 Å². The molecule has 4 nitrogen and oxygen atoms in total. The predicted molar refractivity (Wildman–Crippen MR) is 77.8 cm³/mol. The van der Waals surface area contributed by atoms with Crippen LogP contribution in [0.1, 0.15) is 32.8 Å². The Labute approximate surface area is 114 Å². The largest absolute Gasteiger partial charge is 0.330 e. The van der Waals surface area contributed by atoms with E-state index in [0.29, 0.717) is 6.54 Å². The molecular weight excluding hydrogens is 236 g/mol. The maximum absolute atomic E-state index is 5.54. The highest BCUT2D eigenvalue weighted by Gasteiger charge is 2.14. The van der Waals surface area contributed by atoms with Crippen LogP contribution in [0.5, 0.6) is 0 Å². The molecule has 0 aliphatic heterocycles. The molecule has 2 N–H and O–H groups in total. The minimum Gasteiger partial charge on any atom is -0.330 e. The number of rotatable bonds is 4. The van der Waals surface area contributed by atoms with Crippen LogP contribution in [0.2, 0.25) is 0 Å². The summed E-state index contributed by atoms with van der Waals surface area (Å²) in [6.07, 6.45) is 2.72. The maximum atomic E-state index is 5.54. The smallest absolute Gasteiger partial charge is 0.0885 e. The zero-order chi connectivity index (χ0) is 13.9. The molecule has 0 bridgehead atoms. The van der Waals surface area contributed by atoms with Gasteiger partial charge in [-0.2, -0.15) is 0 Å². The molecule has 102 valence electrons. The average molecular weight is 258 g/mol. The molecule has 0 atom stereocenters. The van der Waals surface area contributed by atoms with Gasteiger partial charge < -0.3 is 5.73 Å². The molecule has 0 saturated heterocycles. The SMILES string of the molecule is CC(C)(C)c1ccc(-c2cnnn2CCCN)cc1. The van der Waals surface area contributed by atoms with Crippen LogP contribution < -0.4 is 5.73 Å². The number of hydrogen-bond donors (Lipinski definition) is 1. The Hall–Kier alpha value is -1.68. The second-order valence-corrected chi connectivity index (χ2v) is 5.81. The van der Waals surface area contributed by atoms with Gasteiger partial charge in [-0.1, -0.05) is 50.3 Å². The highest BCUT2D eigenvalue weighted by atomic mass is 15.4. The van der Waals surface area contributed by atoms with Gasteiger partial charge in [-0.25, -0.2) is 4.68 Å². The zero-order valence-corrected chi connectivity index (χ0v) is 11.9. The second-order valence-electron chi connectivity index (χ2n) is 5.81. The van der Waals surface area contributed by atoms with Gasteiger partial charge in [-0.15, -0.1) is 5.10 Å². The summed E-state index contributed by atoms with van der Waals surface area (Å²) in [7, 11) is 0. The van der Waals surface area contributed by atoms with Crippen molar-refractivity contribution in [1.29, 1.82) is 0 Å². The molecule has 0 aliphatic carbocycles. The van der Waals surface area contributed by atoms with Crippen molar-refractivity contribution in [3.63, 3.8) is 0 Å². The molecule has 0 saturated carbocycles. The van der Waals surface area contributed by atoms with E-state index in [4.69, 9.17) is 5.73 Å². The van der Waals surface area contributed by atoms with Crippen molar-refractivity contribution in [1.82, 2.24) is 15.0 Å². The van der Waals surface area contributed by atoms with E-state index in [1.807, 2.05) is 10.9 Å². The fraction of sp³-hybridized carbons (Fsp3) is 0.467. The number of nitrogens with two attached hydrogens (primary N) is 1. The zero-order valence-electron chi connectivity index (χ0n) is 11.9. The molecule has 0 aliphatic rings. The highest BCUT2D eigenvalue weighted by Crippen LogP contribution is 2.25. The van der Waals surface area contributed by atoms with Gasteiger partial charge in [-0.05, 0) is 23.9 Å². The van der Waals surface area contributed by atoms with Crippen molar-refractivity contribution in [3.8, 4) is 11.3 Å². The molecule has 0 fully saturated rings. The van der Waals surface area contributed by atoms with E-state index in [2.05, 4.69) is 55.3 Å². The molecule has 1 aromatic carbocycles. The van der Waals surface area contributed by atoms with Gasteiger partial charge in [-0.3, -0.25) is 0 Å². The van der Waals surface area contributed by atoms with Crippen molar-refractivity contribution < 1.29 is 0 Å². The summed E-state index contributed by atoms with van der Waals surface area (Å²) in [5.74, 6) is 0. The fourth-order valence-corrected chi connectivity index (χ4v) is 2.03. The van der Waals surface area contributed by atoms with Gasteiger partial charge in [0, 0.05) is 12.1 Å². The van der Waals surface area contributed by atoms with E-state index in [1.54, 1.807) is 0 Å². The van der Waals surface area contributed by atoms with Crippen LogP contribution in [-0.2, 0) is 12.0 Å². The molecule has 0 amide bonds. The number of hydrogen-bond acceptors (Lipinski definition) is 3. The Balaban J connectivity index is 2.25. The summed E-state index contributed by atoms with van der Waals surface area (Å²) < 4.78 is 1.92. The van der Waals surface area contributed by atoms with Crippen LogP contribution in [-0.4, -0.2) is 21.5 Å². The third kappa shape index (κ3) is 3.20. The number of aromatic nitrogens is 3. The van der Waals surface area contributed by atoms with Crippen molar-refractivity contribution in [2.24, 2.45) is 5.73 Å². The molecule has 4 heteroatoms. The first kappa shape index (κ1) is 13.7. The molecule has 2 aromatic rings. The summed E-state index contributed by atoms with van der Waals surface area (Å²) in [6, 6.07) is 8.63. The van der Waals surface area contributed by atoms with E-state index in [1.165, 1.54) is 5.56 Å². The van der Waals surface area contributed by atoms with Gasteiger partial charge in [0.25, 0.3) is 0 Å². The molecule has 0 spiro atoms. The van der Waals surface area contributed by atoms with Gasteiger partial charge in [0.1, 0.15) is 0 Å². The predicted octanol–water partition coefficient (Wildman–Crippen LogP) is 2.59. The topological polar surface area (TPSA) is 56.7 Å². The fourth-order valence-electron chi connectivity index (χ4n) is 2.03. The first-order valence-electron chi connectivity index (χ1n) is 6.72. The van der Waals surface area contributed by atoms with Crippen LogP contribution >= 0.6 is 0 Å². The van der Waals surface area contributed by atoms with E-state index in [-0.39, 0.29) is 5.41 Å². The van der Waals surface area contributed by atoms with Crippen LogP contribution in [0, 0.1) is 0 Å². The Morgan fingerprint density at radius 1 is 1.16 bits per heavy atom. The van der Waals surface area contributed by atoms with Crippen molar-refractivity contribution >= 4 is 0 Å². The summed E-state index contributed by atoms with van der Waals surface area (Å²) in [6.45, 7) is 8.13. The molecular formula is C15H22N4. The van der Waals surface area contributed by atoms with Crippen LogP contribution in [0.3, 0.4) is 0 Å². The summed E-state index contributed by atoms with van der Waals surface area (Å²) in [5.41, 5.74) is 9.25. The van der Waals surface area contributed by atoms with Gasteiger partial charge >= 0.3 is 0 Å². The Morgan fingerprint density at radius 3 is 2.42 bits per heavy atom. The Morgan fingerprint density at radius 2 is 1.84 bits per heavy atom. The minimum absolute atomic E-state index is 0.177. The van der Waals surface area contributed by atoms with Crippen molar-refractivity contribution in [2.75, 3.05) is 6.54 Å². The molecule has 2 rings (SSSR count). The minimum atomic E-state index is 0.177. The summed E-state index contributed by atoms with van der Waals surface area (Å²) in [4.78, 5) is 0. The lowest BCUT2D eigenvalue weighted by Crippen LogP contribution is -2.11. The first-order chi connectivity index (χ1) is 9.02. The quantitative estimate of drug-likeness (QED) is 0.917. The van der Waals surface area contributed by atoms with Crippen LogP contribution in [0.25, 0.3) is 11.3 Å². The number of aryl methyl sites for hydroxylation is 1. The molecule has 1 heterocycles. The normalized spacial score (nSPS) is 11.8. The lowest BCUT2D eigenvalue weighted by Gasteiger charge is -2.19. The Kier molecular flexibility index (Phi) is 4.00. The third-order valence-corrected chi connectivity index (χ3v) is 3.24. The first-order valence-corrected chi connectivity index (χ1v) is 6.72. The lowest BCUT2D eigenvalue weighted by molar-refractivity contribution is 0.569. The molecule has 0 radical (unpaired) electrons. The maximum Gasteiger partial charge on any atom is 0.0885 e. The van der Waals surface area contributed by atoms with Crippen molar-refractivity contribution in [2.45, 2.75) is 39.2 Å². The number of nitrogens with zero attached hydrogens (tertiary/aromatic N) is 3. The van der Waals surface area contributed by atoms with E-state index >= 15 is 0 Å². The summed E-state index contributed by atoms with van der Waals surface area (Å²) in [5, 5.41) is 8.11. The number of benzene rings is 1. The monoisotopic (exact) mass is 258 g/mol. The molecule has 0 unspecified atom stereocenters. The summed E-state index contributed by atoms with van der Waals surface area (Å²) >= 11 is 0. The van der Waals surface area contributed by atoms with E-state index in [0.717, 1.165) is 24.2 Å². The average Bonchev–Trinajstić information content (AvgIpc) is 2.83. The van der Waals surface area contributed by atoms with Gasteiger partial charge in [0.2, 0.25) is 0 Å². The van der Waals surface area contributed by atoms with E-state index in [9.17, 15) is 0 Å². The lowest BCUT2D eigenvalue weighted by atomic mass is 9.86. The highest BCUT2D eigenvalue weighted by molar-refractivity contribution is 5.59. The Bertz CT molecular complexity index is 520. The van der Waals surface area contributed by atoms with E-state index < -0.39 is 0 Å².